The van der Waals surface area contributed by atoms with Gasteiger partial charge in [-0.25, -0.2) is 4.79 Å². The van der Waals surface area contributed by atoms with Gasteiger partial charge in [-0.15, -0.1) is 0 Å². The number of fused-ring (bicyclic) bond motifs is 1. The van der Waals surface area contributed by atoms with E-state index in [1.165, 1.54) is 4.57 Å². The number of hydrogen-bond donors (Lipinski definition) is 1. The lowest BCUT2D eigenvalue weighted by Gasteiger charge is -2.34. The van der Waals surface area contributed by atoms with Gasteiger partial charge in [0.1, 0.15) is 0 Å². The predicted molar refractivity (Wildman–Crippen MR) is 143 cm³/mol. The molecule has 2 heterocycles. The van der Waals surface area contributed by atoms with Gasteiger partial charge in [0.2, 0.25) is 0 Å². The molecule has 0 amide bonds. The molecule has 1 aliphatic rings. The zero-order chi connectivity index (χ0) is 24.5. The summed E-state index contributed by atoms with van der Waals surface area (Å²) in [4.78, 5) is 32.1. The van der Waals surface area contributed by atoms with Crippen molar-refractivity contribution in [1.82, 2.24) is 14.0 Å². The third kappa shape index (κ3) is 4.70. The number of nitrogens with two attached hydrogens (primary N) is 1. The van der Waals surface area contributed by atoms with E-state index in [-0.39, 0.29) is 17.8 Å². The molecule has 7 nitrogen and oxygen atoms in total. The van der Waals surface area contributed by atoms with E-state index in [4.69, 9.17) is 17.3 Å². The zero-order valence-corrected chi connectivity index (χ0v) is 20.4. The fraction of sp³-hybridized carbons (Fsp3) is 0.259. The maximum atomic E-state index is 13.9. The summed E-state index contributed by atoms with van der Waals surface area (Å²) in [5.41, 5.74) is 8.92. The highest BCUT2D eigenvalue weighted by molar-refractivity contribution is 6.31. The van der Waals surface area contributed by atoms with Crippen LogP contribution in [0.4, 0.5) is 11.4 Å². The number of nitrogens with zero attached hydrogens (tertiary/aromatic N) is 4. The van der Waals surface area contributed by atoms with Crippen LogP contribution in [0.3, 0.4) is 0 Å². The van der Waals surface area contributed by atoms with Crippen LogP contribution in [-0.4, -0.2) is 47.3 Å². The molecule has 5 rings (SSSR count). The molecule has 35 heavy (non-hydrogen) atoms. The first-order valence-corrected chi connectivity index (χ1v) is 12.1. The van der Waals surface area contributed by atoms with Gasteiger partial charge in [-0.05, 0) is 42.4 Å². The summed E-state index contributed by atoms with van der Waals surface area (Å²) in [5.74, 6) is 0. The molecule has 0 unspecified atom stereocenters. The maximum Gasteiger partial charge on any atom is 0.332 e. The zero-order valence-electron chi connectivity index (χ0n) is 19.7. The van der Waals surface area contributed by atoms with Gasteiger partial charge < -0.3 is 15.5 Å². The van der Waals surface area contributed by atoms with E-state index in [9.17, 15) is 9.59 Å². The SMILES string of the molecule is CN1CCN(c2cc(Cl)cc3c2c(=O)n(Cc2ccc(N)cc2)c(=O)n3Cc2ccccc2)CC1. The van der Waals surface area contributed by atoms with Crippen molar-refractivity contribution in [2.75, 3.05) is 43.9 Å². The Morgan fingerprint density at radius 2 is 1.46 bits per heavy atom. The second-order valence-corrected chi connectivity index (χ2v) is 9.53. The molecule has 1 aliphatic heterocycles. The number of rotatable bonds is 5. The van der Waals surface area contributed by atoms with Crippen molar-refractivity contribution in [1.29, 1.82) is 0 Å². The molecule has 4 aromatic rings. The molecule has 0 bridgehead atoms. The number of nitrogen functional groups attached to an aromatic ring is 1. The number of hydrogen-bond acceptors (Lipinski definition) is 5. The third-order valence-electron chi connectivity index (χ3n) is 6.62. The quantitative estimate of drug-likeness (QED) is 0.435. The summed E-state index contributed by atoms with van der Waals surface area (Å²) in [7, 11) is 2.09. The average Bonchev–Trinajstić information content (AvgIpc) is 2.86. The number of benzene rings is 3. The number of piperazine rings is 1. The molecule has 8 heteroatoms. The molecular formula is C27H28ClN5O2. The van der Waals surface area contributed by atoms with Crippen LogP contribution in [-0.2, 0) is 13.1 Å². The average molecular weight is 490 g/mol. The molecule has 1 fully saturated rings. The van der Waals surface area contributed by atoms with E-state index in [0.717, 1.165) is 43.0 Å². The fourth-order valence-electron chi connectivity index (χ4n) is 4.64. The molecule has 0 spiro atoms. The van der Waals surface area contributed by atoms with Crippen molar-refractivity contribution >= 4 is 33.9 Å². The van der Waals surface area contributed by atoms with Crippen LogP contribution in [0.15, 0.2) is 76.3 Å². The molecule has 1 saturated heterocycles. The van der Waals surface area contributed by atoms with Gasteiger partial charge in [-0.1, -0.05) is 54.1 Å². The van der Waals surface area contributed by atoms with Crippen molar-refractivity contribution in [3.05, 3.63) is 104 Å². The first kappa shape index (κ1) is 23.2. The number of aromatic nitrogens is 2. The van der Waals surface area contributed by atoms with E-state index < -0.39 is 0 Å². The Hall–Kier alpha value is -3.55. The van der Waals surface area contributed by atoms with Crippen molar-refractivity contribution in [2.45, 2.75) is 13.1 Å². The van der Waals surface area contributed by atoms with Gasteiger partial charge in [0, 0.05) is 36.9 Å². The monoisotopic (exact) mass is 489 g/mol. The number of anilines is 2. The summed E-state index contributed by atoms with van der Waals surface area (Å²) < 4.78 is 2.99. The normalized spacial score (nSPS) is 14.5. The highest BCUT2D eigenvalue weighted by atomic mass is 35.5. The Labute approximate surface area is 208 Å². The van der Waals surface area contributed by atoms with Gasteiger partial charge in [0.15, 0.2) is 0 Å². The van der Waals surface area contributed by atoms with Gasteiger partial charge in [0.25, 0.3) is 5.56 Å². The van der Waals surface area contributed by atoms with Gasteiger partial charge in [-0.3, -0.25) is 13.9 Å². The standard InChI is InChI=1S/C27H28ClN5O2/c1-30-11-13-31(14-12-30)23-15-21(28)16-24-25(23)26(34)33(18-20-7-9-22(29)10-8-20)27(35)32(24)17-19-5-3-2-4-6-19/h2-10,15-16H,11-14,17-18,29H2,1H3. The van der Waals surface area contributed by atoms with E-state index in [1.54, 1.807) is 22.8 Å². The Bertz CT molecular complexity index is 1470. The highest BCUT2D eigenvalue weighted by Gasteiger charge is 2.23. The lowest BCUT2D eigenvalue weighted by molar-refractivity contribution is 0.313. The van der Waals surface area contributed by atoms with Gasteiger partial charge >= 0.3 is 5.69 Å². The third-order valence-corrected chi connectivity index (χ3v) is 6.84. The second-order valence-electron chi connectivity index (χ2n) is 9.10. The first-order valence-electron chi connectivity index (χ1n) is 11.7. The Kier molecular flexibility index (Phi) is 6.36. The Morgan fingerprint density at radius 3 is 2.14 bits per heavy atom. The number of likely N-dealkylation sites (N-methyl/N-ethyl adjacent to an activating group) is 1. The van der Waals surface area contributed by atoms with Crippen LogP contribution in [0.2, 0.25) is 5.02 Å². The summed E-state index contributed by atoms with van der Waals surface area (Å²) >= 11 is 6.56. The lowest BCUT2D eigenvalue weighted by atomic mass is 10.1. The fourth-order valence-corrected chi connectivity index (χ4v) is 4.85. The molecule has 3 aromatic carbocycles. The van der Waals surface area contributed by atoms with Gasteiger partial charge in [-0.2, -0.15) is 0 Å². The minimum Gasteiger partial charge on any atom is -0.399 e. The molecule has 0 radical (unpaired) electrons. The van der Waals surface area contributed by atoms with Crippen LogP contribution in [0.1, 0.15) is 11.1 Å². The first-order chi connectivity index (χ1) is 16.9. The number of halogens is 1. The van der Waals surface area contributed by atoms with Crippen LogP contribution in [0, 0.1) is 0 Å². The molecule has 0 saturated carbocycles. The maximum absolute atomic E-state index is 13.9. The molecule has 180 valence electrons. The summed E-state index contributed by atoms with van der Waals surface area (Å²) in [6.45, 7) is 3.82. The topological polar surface area (TPSA) is 76.5 Å². The highest BCUT2D eigenvalue weighted by Crippen LogP contribution is 2.29. The van der Waals surface area contributed by atoms with E-state index >= 15 is 0 Å². The molecule has 1 aromatic heterocycles. The smallest absolute Gasteiger partial charge is 0.332 e. The molecular weight excluding hydrogens is 462 g/mol. The van der Waals surface area contributed by atoms with Gasteiger partial charge in [0.05, 0.1) is 29.7 Å². The molecule has 2 N–H and O–H groups in total. The summed E-state index contributed by atoms with van der Waals surface area (Å²) in [5, 5.41) is 1.02. The molecule has 0 atom stereocenters. The molecule has 0 aliphatic carbocycles. The van der Waals surface area contributed by atoms with Crippen LogP contribution >= 0.6 is 11.6 Å². The van der Waals surface area contributed by atoms with Crippen molar-refractivity contribution in [3.8, 4) is 0 Å². The van der Waals surface area contributed by atoms with E-state index in [2.05, 4.69) is 16.8 Å². The van der Waals surface area contributed by atoms with Crippen LogP contribution < -0.4 is 21.9 Å². The van der Waals surface area contributed by atoms with Crippen molar-refractivity contribution in [2.24, 2.45) is 0 Å². The second kappa shape index (κ2) is 9.60. The minimum atomic E-state index is -0.366. The largest absolute Gasteiger partial charge is 0.399 e. The Morgan fingerprint density at radius 1 is 0.829 bits per heavy atom. The van der Waals surface area contributed by atoms with Crippen molar-refractivity contribution < 1.29 is 0 Å². The minimum absolute atomic E-state index is 0.160. The van der Waals surface area contributed by atoms with Crippen LogP contribution in [0.25, 0.3) is 10.9 Å². The Balaban J connectivity index is 1.75. The predicted octanol–water partition coefficient (Wildman–Crippen LogP) is 3.25. The van der Waals surface area contributed by atoms with E-state index in [0.29, 0.717) is 28.2 Å². The van der Waals surface area contributed by atoms with Crippen molar-refractivity contribution in [3.63, 3.8) is 0 Å². The van der Waals surface area contributed by atoms with E-state index in [1.807, 2.05) is 48.5 Å². The van der Waals surface area contributed by atoms with Crippen LogP contribution in [0.5, 0.6) is 0 Å². The lowest BCUT2D eigenvalue weighted by Crippen LogP contribution is -2.46. The summed E-state index contributed by atoms with van der Waals surface area (Å²) in [6.07, 6.45) is 0. The summed E-state index contributed by atoms with van der Waals surface area (Å²) in [6, 6.07) is 20.6.